The number of likely N-dealkylation sites (tertiary alicyclic amines) is 1. The molecule has 4 heteroatoms. The zero-order chi connectivity index (χ0) is 10.2. The molecule has 1 saturated heterocycles. The second kappa shape index (κ2) is 3.12. The first-order chi connectivity index (χ1) is 6.61. The third-order valence-electron chi connectivity index (χ3n) is 2.86. The lowest BCUT2D eigenvalue weighted by molar-refractivity contribution is 0.167. The lowest BCUT2D eigenvalue weighted by Crippen LogP contribution is -2.44. The molecule has 0 N–H and O–H groups in total. The quantitative estimate of drug-likeness (QED) is 0.629. The third kappa shape index (κ3) is 1.41. The van der Waals surface area contributed by atoms with E-state index in [2.05, 4.69) is 18.8 Å². The minimum absolute atomic E-state index is 0.0125. The number of aromatic nitrogens is 2. The number of carbonyl (C=O) groups excluding carboxylic acids is 1. The Morgan fingerprint density at radius 2 is 2.29 bits per heavy atom. The molecule has 1 fully saturated rings. The molecule has 14 heavy (non-hydrogen) atoms. The lowest BCUT2D eigenvalue weighted by Gasteiger charge is -2.31. The zero-order valence-electron chi connectivity index (χ0n) is 8.60. The van der Waals surface area contributed by atoms with Crippen LogP contribution in [0.25, 0.3) is 0 Å². The van der Waals surface area contributed by atoms with Crippen LogP contribution in [0, 0.1) is 0 Å². The molecule has 4 nitrogen and oxygen atoms in total. The van der Waals surface area contributed by atoms with Gasteiger partial charge in [0.05, 0.1) is 0 Å². The van der Waals surface area contributed by atoms with Crippen LogP contribution in [-0.2, 0) is 0 Å². The van der Waals surface area contributed by atoms with E-state index in [9.17, 15) is 4.79 Å². The molecule has 1 aromatic rings. The number of carbonyl (C=O) groups is 1. The fourth-order valence-electron chi connectivity index (χ4n) is 1.97. The predicted octanol–water partition coefficient (Wildman–Crippen LogP) is 1.73. The van der Waals surface area contributed by atoms with Crippen LogP contribution < -0.4 is 0 Å². The molecule has 0 aliphatic carbocycles. The maximum absolute atomic E-state index is 12.0. The Bertz CT molecular complexity index is 329. The van der Waals surface area contributed by atoms with Crippen LogP contribution in [0.3, 0.4) is 0 Å². The van der Waals surface area contributed by atoms with Gasteiger partial charge < -0.3 is 4.90 Å². The number of hydrogen-bond donors (Lipinski definition) is 0. The molecule has 0 atom stereocenters. The molecule has 0 unspecified atom stereocenters. The number of imidazole rings is 1. The monoisotopic (exact) mass is 193 g/mol. The van der Waals surface area contributed by atoms with E-state index in [1.165, 1.54) is 4.57 Å². The topological polar surface area (TPSA) is 38.1 Å². The molecule has 2 rings (SSSR count). The summed E-state index contributed by atoms with van der Waals surface area (Å²) in [5.74, 6) is 0. The van der Waals surface area contributed by atoms with Gasteiger partial charge in [0, 0.05) is 24.5 Å². The molecule has 1 amide bonds. The van der Waals surface area contributed by atoms with Crippen LogP contribution in [0.5, 0.6) is 0 Å². The maximum atomic E-state index is 12.0. The SMILES string of the molecule is CC1(C)CCCN1C(=O)n1ccnc1. The summed E-state index contributed by atoms with van der Waals surface area (Å²) in [6.07, 6.45) is 7.04. The smallest absolute Gasteiger partial charge is 0.319 e. The molecule has 2 heterocycles. The van der Waals surface area contributed by atoms with Crippen LogP contribution >= 0.6 is 0 Å². The zero-order valence-corrected chi connectivity index (χ0v) is 8.60. The van der Waals surface area contributed by atoms with E-state index in [0.29, 0.717) is 0 Å². The van der Waals surface area contributed by atoms with Gasteiger partial charge in [-0.25, -0.2) is 9.78 Å². The lowest BCUT2D eigenvalue weighted by atomic mass is 10.0. The van der Waals surface area contributed by atoms with E-state index >= 15 is 0 Å². The highest BCUT2D eigenvalue weighted by atomic mass is 16.2. The summed E-state index contributed by atoms with van der Waals surface area (Å²) in [5.41, 5.74) is -0.0125. The Balaban J connectivity index is 2.20. The first-order valence-electron chi connectivity index (χ1n) is 4.91. The van der Waals surface area contributed by atoms with Crippen molar-refractivity contribution < 1.29 is 4.79 Å². The number of amides is 1. The van der Waals surface area contributed by atoms with E-state index in [4.69, 9.17) is 0 Å². The van der Waals surface area contributed by atoms with Crippen LogP contribution in [0.4, 0.5) is 4.79 Å². The van der Waals surface area contributed by atoms with Crippen molar-refractivity contribution in [1.29, 1.82) is 0 Å². The summed E-state index contributed by atoms with van der Waals surface area (Å²) >= 11 is 0. The van der Waals surface area contributed by atoms with E-state index < -0.39 is 0 Å². The summed E-state index contributed by atoms with van der Waals surface area (Å²) in [6.45, 7) is 5.06. The van der Waals surface area contributed by atoms with Gasteiger partial charge in [-0.2, -0.15) is 0 Å². The van der Waals surface area contributed by atoms with Gasteiger partial charge in [-0.3, -0.25) is 4.57 Å². The first-order valence-corrected chi connectivity index (χ1v) is 4.91. The fourth-order valence-corrected chi connectivity index (χ4v) is 1.97. The molecule has 1 aliphatic rings. The van der Waals surface area contributed by atoms with Gasteiger partial charge in [-0.15, -0.1) is 0 Å². The third-order valence-corrected chi connectivity index (χ3v) is 2.86. The van der Waals surface area contributed by atoms with Gasteiger partial charge in [-0.05, 0) is 26.7 Å². The molecule has 0 bridgehead atoms. The average Bonchev–Trinajstić information content (AvgIpc) is 2.71. The van der Waals surface area contributed by atoms with Crippen molar-refractivity contribution in [3.05, 3.63) is 18.7 Å². The number of rotatable bonds is 0. The van der Waals surface area contributed by atoms with Crippen LogP contribution in [-0.4, -0.2) is 32.6 Å². The van der Waals surface area contributed by atoms with Gasteiger partial charge in [-0.1, -0.05) is 0 Å². The maximum Gasteiger partial charge on any atom is 0.329 e. The highest BCUT2D eigenvalue weighted by Gasteiger charge is 2.35. The Hall–Kier alpha value is -1.32. The van der Waals surface area contributed by atoms with Gasteiger partial charge in [0.2, 0.25) is 0 Å². The molecule has 1 aliphatic heterocycles. The molecular weight excluding hydrogens is 178 g/mol. The van der Waals surface area contributed by atoms with Gasteiger partial charge in [0.1, 0.15) is 6.33 Å². The Morgan fingerprint density at radius 3 is 2.79 bits per heavy atom. The average molecular weight is 193 g/mol. The standard InChI is InChI=1S/C10H15N3O/c1-10(2)4-3-6-13(10)9(14)12-7-5-11-8-12/h5,7-8H,3-4,6H2,1-2H3. The number of hydrogen-bond acceptors (Lipinski definition) is 2. The number of nitrogens with zero attached hydrogens (tertiary/aromatic N) is 3. The van der Waals surface area contributed by atoms with Crippen molar-refractivity contribution in [2.24, 2.45) is 0 Å². The summed E-state index contributed by atoms with van der Waals surface area (Å²) in [6, 6.07) is 0.0324. The van der Waals surface area contributed by atoms with E-state index in [1.54, 1.807) is 18.7 Å². The van der Waals surface area contributed by atoms with E-state index in [1.807, 2.05) is 4.90 Å². The molecule has 0 saturated carbocycles. The predicted molar refractivity (Wildman–Crippen MR) is 53.0 cm³/mol. The molecule has 1 aromatic heterocycles. The van der Waals surface area contributed by atoms with Crippen molar-refractivity contribution in [2.45, 2.75) is 32.2 Å². The molecule has 0 aromatic carbocycles. The van der Waals surface area contributed by atoms with Crippen molar-refractivity contribution in [3.63, 3.8) is 0 Å². The summed E-state index contributed by atoms with van der Waals surface area (Å²) < 4.78 is 1.53. The normalized spacial score (nSPS) is 20.0. The summed E-state index contributed by atoms with van der Waals surface area (Å²) in [7, 11) is 0. The molecule has 76 valence electrons. The van der Waals surface area contributed by atoms with Gasteiger partial charge in [0.15, 0.2) is 0 Å². The highest BCUT2D eigenvalue weighted by molar-refractivity contribution is 5.77. The minimum Gasteiger partial charge on any atom is -0.319 e. The van der Waals surface area contributed by atoms with Crippen LogP contribution in [0.1, 0.15) is 26.7 Å². The van der Waals surface area contributed by atoms with Gasteiger partial charge in [0.25, 0.3) is 0 Å². The second-order valence-corrected chi connectivity index (χ2v) is 4.32. The Kier molecular flexibility index (Phi) is 2.06. The van der Waals surface area contributed by atoms with Crippen LogP contribution in [0.2, 0.25) is 0 Å². The largest absolute Gasteiger partial charge is 0.329 e. The molecular formula is C10H15N3O. The van der Waals surface area contributed by atoms with E-state index in [0.717, 1.165) is 19.4 Å². The van der Waals surface area contributed by atoms with Crippen molar-refractivity contribution in [1.82, 2.24) is 14.5 Å². The Labute approximate surface area is 83.5 Å². The second-order valence-electron chi connectivity index (χ2n) is 4.32. The van der Waals surface area contributed by atoms with Crippen molar-refractivity contribution >= 4 is 6.03 Å². The van der Waals surface area contributed by atoms with E-state index in [-0.39, 0.29) is 11.6 Å². The van der Waals surface area contributed by atoms with Crippen molar-refractivity contribution in [2.75, 3.05) is 6.54 Å². The highest BCUT2D eigenvalue weighted by Crippen LogP contribution is 2.28. The summed E-state index contributed by atoms with van der Waals surface area (Å²) in [4.78, 5) is 17.8. The molecule has 0 spiro atoms. The van der Waals surface area contributed by atoms with Crippen LogP contribution in [0.15, 0.2) is 18.7 Å². The van der Waals surface area contributed by atoms with Crippen molar-refractivity contribution in [3.8, 4) is 0 Å². The van der Waals surface area contributed by atoms with Gasteiger partial charge >= 0.3 is 6.03 Å². The fraction of sp³-hybridized carbons (Fsp3) is 0.600. The first kappa shape index (κ1) is 9.24. The molecule has 0 radical (unpaired) electrons. The Morgan fingerprint density at radius 1 is 1.50 bits per heavy atom. The minimum atomic E-state index is -0.0125. The summed E-state index contributed by atoms with van der Waals surface area (Å²) in [5, 5.41) is 0.